The minimum Gasteiger partial charge on any atom is -0.462 e. The lowest BCUT2D eigenvalue weighted by Gasteiger charge is -2.24. The first-order valence-electron chi connectivity index (χ1n) is 25.7. The molecule has 0 aromatic heterocycles. The van der Waals surface area contributed by atoms with Crippen LogP contribution in [0, 0.1) is 0 Å². The standard InChI is InChI=1S/C53H99NO5/c1-4-7-10-13-16-19-22-24-25-26-28-31-34-37-40-43-46-53(58)59-49(44-41-38-35-32-29-21-18-15-12-9-6-3)47-52(57)54-50(48-55)51(56)45-42-39-36-33-30-27-23-20-17-14-11-8-5-2/h7,10,16,19,24-25,49-51,55-56H,4-6,8-9,11-15,17-18,20-23,26-48H2,1-3H3,(H,54,57)/b10-7+,19-16+,25-24+. The Kier molecular flexibility index (Phi) is 45.6. The van der Waals surface area contributed by atoms with Crippen LogP contribution in [0.2, 0.25) is 0 Å². The van der Waals surface area contributed by atoms with E-state index in [2.05, 4.69) is 62.5 Å². The number of hydrogen-bond acceptors (Lipinski definition) is 5. The summed E-state index contributed by atoms with van der Waals surface area (Å²) in [5.74, 6) is -0.479. The van der Waals surface area contributed by atoms with E-state index in [1.807, 2.05) is 0 Å². The maximum atomic E-state index is 13.2. The topological polar surface area (TPSA) is 95.9 Å². The molecule has 0 aliphatic rings. The second kappa shape index (κ2) is 47.1. The van der Waals surface area contributed by atoms with E-state index in [9.17, 15) is 19.8 Å². The number of allylic oxidation sites excluding steroid dienone is 6. The number of rotatable bonds is 46. The van der Waals surface area contributed by atoms with Gasteiger partial charge in [-0.25, -0.2) is 0 Å². The molecule has 0 aliphatic heterocycles. The molecule has 0 spiro atoms. The Bertz CT molecular complexity index is 977. The van der Waals surface area contributed by atoms with Crippen molar-refractivity contribution in [1.29, 1.82) is 0 Å². The van der Waals surface area contributed by atoms with E-state index in [0.717, 1.165) is 70.6 Å². The molecule has 0 aliphatic carbocycles. The minimum atomic E-state index is -0.786. The number of hydrogen-bond donors (Lipinski definition) is 3. The Balaban J connectivity index is 4.53. The zero-order valence-corrected chi connectivity index (χ0v) is 39.4. The molecule has 0 saturated heterocycles. The van der Waals surface area contributed by atoms with Crippen molar-refractivity contribution >= 4 is 11.9 Å². The van der Waals surface area contributed by atoms with E-state index in [4.69, 9.17) is 4.74 Å². The molecule has 3 unspecified atom stereocenters. The molecule has 0 rings (SSSR count). The average Bonchev–Trinajstić information content (AvgIpc) is 3.23. The Morgan fingerprint density at radius 1 is 0.508 bits per heavy atom. The summed E-state index contributed by atoms with van der Waals surface area (Å²) < 4.78 is 5.93. The van der Waals surface area contributed by atoms with Crippen LogP contribution < -0.4 is 5.32 Å². The second-order valence-electron chi connectivity index (χ2n) is 17.5. The Morgan fingerprint density at radius 2 is 0.915 bits per heavy atom. The van der Waals surface area contributed by atoms with Crippen LogP contribution in [0.4, 0.5) is 0 Å². The fraction of sp³-hybridized carbons (Fsp3) is 0.849. The maximum Gasteiger partial charge on any atom is 0.306 e. The smallest absolute Gasteiger partial charge is 0.306 e. The quantitative estimate of drug-likeness (QED) is 0.0323. The van der Waals surface area contributed by atoms with Gasteiger partial charge >= 0.3 is 5.97 Å². The van der Waals surface area contributed by atoms with Crippen LogP contribution in [-0.2, 0) is 14.3 Å². The van der Waals surface area contributed by atoms with Gasteiger partial charge in [0.1, 0.15) is 6.10 Å². The third kappa shape index (κ3) is 42.6. The number of esters is 1. The van der Waals surface area contributed by atoms with Crippen molar-refractivity contribution in [2.75, 3.05) is 6.61 Å². The molecule has 0 aromatic rings. The zero-order chi connectivity index (χ0) is 43.1. The lowest BCUT2D eigenvalue weighted by molar-refractivity contribution is -0.151. The number of nitrogens with one attached hydrogen (secondary N) is 1. The normalized spacial score (nSPS) is 13.5. The predicted molar refractivity (Wildman–Crippen MR) is 255 cm³/mol. The van der Waals surface area contributed by atoms with Crippen molar-refractivity contribution in [2.24, 2.45) is 0 Å². The van der Waals surface area contributed by atoms with Crippen LogP contribution in [0.5, 0.6) is 0 Å². The van der Waals surface area contributed by atoms with Crippen molar-refractivity contribution in [2.45, 2.75) is 283 Å². The van der Waals surface area contributed by atoms with Crippen molar-refractivity contribution in [3.63, 3.8) is 0 Å². The molecule has 0 heterocycles. The van der Waals surface area contributed by atoms with Crippen LogP contribution in [0.1, 0.15) is 265 Å². The third-order valence-corrected chi connectivity index (χ3v) is 11.7. The van der Waals surface area contributed by atoms with Gasteiger partial charge in [-0.1, -0.05) is 231 Å². The summed E-state index contributed by atoms with van der Waals surface area (Å²) in [4.78, 5) is 26.1. The van der Waals surface area contributed by atoms with E-state index in [1.54, 1.807) is 0 Å². The first-order chi connectivity index (χ1) is 29.0. The lowest BCUT2D eigenvalue weighted by atomic mass is 10.0. The predicted octanol–water partition coefficient (Wildman–Crippen LogP) is 15.3. The van der Waals surface area contributed by atoms with Crippen LogP contribution in [-0.4, -0.2) is 46.9 Å². The van der Waals surface area contributed by atoms with Crippen molar-refractivity contribution < 1.29 is 24.5 Å². The van der Waals surface area contributed by atoms with Gasteiger partial charge in [0.25, 0.3) is 0 Å². The highest BCUT2D eigenvalue weighted by Crippen LogP contribution is 2.18. The molecule has 6 heteroatoms. The van der Waals surface area contributed by atoms with E-state index in [0.29, 0.717) is 19.3 Å². The number of aliphatic hydroxyl groups is 2. The molecule has 0 fully saturated rings. The Morgan fingerprint density at radius 3 is 1.39 bits per heavy atom. The first-order valence-corrected chi connectivity index (χ1v) is 25.7. The van der Waals surface area contributed by atoms with E-state index in [-0.39, 0.29) is 24.9 Å². The molecule has 6 nitrogen and oxygen atoms in total. The lowest BCUT2D eigenvalue weighted by Crippen LogP contribution is -2.46. The molecular weight excluding hydrogens is 731 g/mol. The molecule has 0 radical (unpaired) electrons. The summed E-state index contributed by atoms with van der Waals surface area (Å²) in [6, 6.07) is -0.700. The molecule has 1 amide bonds. The highest BCUT2D eigenvalue weighted by Gasteiger charge is 2.24. The molecule has 59 heavy (non-hydrogen) atoms. The molecule has 346 valence electrons. The van der Waals surface area contributed by atoms with Gasteiger partial charge in [-0.05, 0) is 57.8 Å². The molecule has 0 saturated carbocycles. The Labute approximate surface area is 366 Å². The summed E-state index contributed by atoms with van der Waals surface area (Å²) in [7, 11) is 0. The molecular formula is C53H99NO5. The van der Waals surface area contributed by atoms with Gasteiger partial charge in [-0.2, -0.15) is 0 Å². The number of aliphatic hydroxyl groups excluding tert-OH is 2. The van der Waals surface area contributed by atoms with E-state index < -0.39 is 18.2 Å². The number of amides is 1. The summed E-state index contributed by atoms with van der Waals surface area (Å²) >= 11 is 0. The van der Waals surface area contributed by atoms with Crippen molar-refractivity contribution in [3.05, 3.63) is 36.5 Å². The fourth-order valence-corrected chi connectivity index (χ4v) is 7.86. The summed E-state index contributed by atoms with van der Waals surface area (Å²) in [5, 5.41) is 23.8. The van der Waals surface area contributed by atoms with Crippen LogP contribution in [0.15, 0.2) is 36.5 Å². The van der Waals surface area contributed by atoms with Gasteiger partial charge in [0, 0.05) is 6.42 Å². The first kappa shape index (κ1) is 57.1. The van der Waals surface area contributed by atoms with E-state index >= 15 is 0 Å². The molecule has 0 bridgehead atoms. The highest BCUT2D eigenvalue weighted by molar-refractivity contribution is 5.77. The maximum absolute atomic E-state index is 13.2. The molecule has 3 N–H and O–H groups in total. The average molecular weight is 830 g/mol. The van der Waals surface area contributed by atoms with Crippen LogP contribution in [0.25, 0.3) is 0 Å². The molecule has 3 atom stereocenters. The second-order valence-corrected chi connectivity index (χ2v) is 17.5. The zero-order valence-electron chi connectivity index (χ0n) is 39.4. The SMILES string of the molecule is CC/C=C/C/C=C/C/C=C/CCCCCCCCC(=O)OC(CCCCCCCCCCCCC)CC(=O)NC(CO)C(O)CCCCCCCCCCCCCCC. The molecule has 0 aromatic carbocycles. The number of ether oxygens (including phenoxy) is 1. The summed E-state index contributed by atoms with van der Waals surface area (Å²) in [6.45, 7) is 6.38. The monoisotopic (exact) mass is 830 g/mol. The Hall–Kier alpha value is -1.92. The van der Waals surface area contributed by atoms with Gasteiger partial charge in [0.15, 0.2) is 0 Å². The van der Waals surface area contributed by atoms with Crippen LogP contribution in [0.3, 0.4) is 0 Å². The number of carbonyl (C=O) groups excluding carboxylic acids is 2. The van der Waals surface area contributed by atoms with E-state index in [1.165, 1.54) is 148 Å². The van der Waals surface area contributed by atoms with Gasteiger partial charge in [-0.3, -0.25) is 9.59 Å². The minimum absolute atomic E-state index is 0.0759. The van der Waals surface area contributed by atoms with Crippen molar-refractivity contribution in [1.82, 2.24) is 5.32 Å². The van der Waals surface area contributed by atoms with Gasteiger partial charge in [0.05, 0.1) is 25.2 Å². The van der Waals surface area contributed by atoms with Crippen LogP contribution >= 0.6 is 0 Å². The third-order valence-electron chi connectivity index (χ3n) is 11.7. The summed E-state index contributed by atoms with van der Waals surface area (Å²) in [5.41, 5.74) is 0. The van der Waals surface area contributed by atoms with Gasteiger partial charge in [-0.15, -0.1) is 0 Å². The highest BCUT2D eigenvalue weighted by atomic mass is 16.5. The van der Waals surface area contributed by atoms with Gasteiger partial charge < -0.3 is 20.3 Å². The fourth-order valence-electron chi connectivity index (χ4n) is 7.86. The van der Waals surface area contributed by atoms with Gasteiger partial charge in [0.2, 0.25) is 5.91 Å². The van der Waals surface area contributed by atoms with Crippen molar-refractivity contribution in [3.8, 4) is 0 Å². The number of carbonyl (C=O) groups is 2. The number of unbranched alkanes of at least 4 members (excludes halogenated alkanes) is 28. The summed E-state index contributed by atoms with van der Waals surface area (Å²) in [6.07, 6.45) is 54.9. The largest absolute Gasteiger partial charge is 0.462 e.